The molecular formula is C44H78NO11P. The average molecular weight is 828 g/mol. The number of esters is 2. The molecule has 12 nitrogen and oxygen atoms in total. The Kier molecular flexibility index (Phi) is 38.4. The highest BCUT2D eigenvalue weighted by Crippen LogP contribution is 2.43. The van der Waals surface area contributed by atoms with E-state index < -0.39 is 51.1 Å². The van der Waals surface area contributed by atoms with Gasteiger partial charge in [0.2, 0.25) is 0 Å². The van der Waals surface area contributed by atoms with Crippen LogP contribution in [0.15, 0.2) is 48.6 Å². The second kappa shape index (κ2) is 40.2. The van der Waals surface area contributed by atoms with Crippen LogP contribution in [0.3, 0.4) is 0 Å². The summed E-state index contributed by atoms with van der Waals surface area (Å²) in [7, 11) is -4.74. The number of nitrogens with two attached hydrogens (primary N) is 1. The third-order valence-corrected chi connectivity index (χ3v) is 10.1. The molecule has 0 fully saturated rings. The Hall–Kier alpha value is -2.60. The van der Waals surface area contributed by atoms with E-state index in [0.29, 0.717) is 19.3 Å². The Morgan fingerprint density at radius 1 is 0.579 bits per heavy atom. The van der Waals surface area contributed by atoms with Crippen LogP contribution in [0.4, 0.5) is 0 Å². The van der Waals surface area contributed by atoms with E-state index in [1.54, 1.807) is 0 Å². The molecule has 0 aromatic heterocycles. The SMILES string of the molecule is CCCCCCCCCCCCCCCCCC(=O)OCC(COP(=O)(O)OCC(N)C(=O)O)OC(=O)CCC/C=C\C/C=C\C/C=C\C/C=C\CCCCCO. The minimum absolute atomic E-state index is 0.0758. The first-order valence-electron chi connectivity index (χ1n) is 21.8. The number of carbonyl (C=O) groups excluding carboxylic acids is 2. The molecule has 330 valence electrons. The number of rotatable bonds is 41. The van der Waals surface area contributed by atoms with Gasteiger partial charge in [0.05, 0.1) is 13.2 Å². The van der Waals surface area contributed by atoms with E-state index >= 15 is 0 Å². The highest BCUT2D eigenvalue weighted by Gasteiger charge is 2.28. The third-order valence-electron chi connectivity index (χ3n) is 9.13. The number of ether oxygens (including phenoxy) is 2. The van der Waals surface area contributed by atoms with Crippen LogP contribution in [-0.2, 0) is 37.5 Å². The van der Waals surface area contributed by atoms with Crippen LogP contribution in [0.2, 0.25) is 0 Å². The van der Waals surface area contributed by atoms with Gasteiger partial charge in [-0.1, -0.05) is 152 Å². The Morgan fingerprint density at radius 2 is 1.02 bits per heavy atom. The fourth-order valence-electron chi connectivity index (χ4n) is 5.68. The van der Waals surface area contributed by atoms with Gasteiger partial charge in [-0.05, 0) is 57.8 Å². The molecule has 13 heteroatoms. The molecule has 3 unspecified atom stereocenters. The van der Waals surface area contributed by atoms with Crippen molar-refractivity contribution in [2.24, 2.45) is 5.73 Å². The molecule has 0 aliphatic carbocycles. The molecule has 0 saturated heterocycles. The number of carbonyl (C=O) groups is 3. The van der Waals surface area contributed by atoms with E-state index in [1.165, 1.54) is 70.6 Å². The lowest BCUT2D eigenvalue weighted by Gasteiger charge is -2.20. The summed E-state index contributed by atoms with van der Waals surface area (Å²) in [5, 5.41) is 17.7. The van der Waals surface area contributed by atoms with Crippen LogP contribution in [0.1, 0.15) is 174 Å². The fraction of sp³-hybridized carbons (Fsp3) is 0.750. The highest BCUT2D eigenvalue weighted by molar-refractivity contribution is 7.47. The molecule has 0 aliphatic heterocycles. The van der Waals surface area contributed by atoms with Crippen molar-refractivity contribution in [2.45, 2.75) is 186 Å². The molecule has 0 amide bonds. The Morgan fingerprint density at radius 3 is 1.53 bits per heavy atom. The van der Waals surface area contributed by atoms with Gasteiger partial charge in [0.15, 0.2) is 6.10 Å². The zero-order valence-electron chi connectivity index (χ0n) is 35.1. The zero-order chi connectivity index (χ0) is 42.1. The van der Waals surface area contributed by atoms with Crippen LogP contribution >= 0.6 is 7.82 Å². The number of carboxylic acid groups (broad SMARTS) is 1. The minimum Gasteiger partial charge on any atom is -0.480 e. The van der Waals surface area contributed by atoms with Crippen molar-refractivity contribution in [3.63, 3.8) is 0 Å². The topological polar surface area (TPSA) is 192 Å². The van der Waals surface area contributed by atoms with Crippen LogP contribution in [0.25, 0.3) is 0 Å². The number of hydrogen-bond acceptors (Lipinski definition) is 10. The Bertz CT molecular complexity index is 1160. The van der Waals surface area contributed by atoms with E-state index in [1.807, 2.05) is 12.2 Å². The molecule has 0 aliphatic rings. The molecule has 3 atom stereocenters. The van der Waals surface area contributed by atoms with Gasteiger partial charge in [-0.25, -0.2) is 4.57 Å². The molecule has 0 rings (SSSR count). The lowest BCUT2D eigenvalue weighted by Crippen LogP contribution is -2.34. The highest BCUT2D eigenvalue weighted by atomic mass is 31.2. The minimum atomic E-state index is -4.74. The maximum atomic E-state index is 12.6. The smallest absolute Gasteiger partial charge is 0.472 e. The largest absolute Gasteiger partial charge is 0.480 e. The van der Waals surface area contributed by atoms with Gasteiger partial charge in [-0.2, -0.15) is 0 Å². The number of phosphoric acid groups is 1. The molecule has 0 bridgehead atoms. The Labute approximate surface area is 344 Å². The van der Waals surface area contributed by atoms with E-state index in [4.69, 9.17) is 29.9 Å². The predicted molar refractivity (Wildman–Crippen MR) is 228 cm³/mol. The summed E-state index contributed by atoms with van der Waals surface area (Å²) in [6.45, 7) is 0.755. The van der Waals surface area contributed by atoms with Crippen molar-refractivity contribution in [2.75, 3.05) is 26.4 Å². The second-order valence-electron chi connectivity index (χ2n) is 14.6. The van der Waals surface area contributed by atoms with E-state index in [2.05, 4.69) is 47.9 Å². The maximum Gasteiger partial charge on any atom is 0.472 e. The number of aliphatic hydroxyl groups excluding tert-OH is 1. The number of aliphatic hydroxyl groups is 1. The molecule has 0 heterocycles. The van der Waals surface area contributed by atoms with Gasteiger partial charge in [-0.15, -0.1) is 0 Å². The molecule has 0 saturated carbocycles. The van der Waals surface area contributed by atoms with Gasteiger partial charge < -0.3 is 30.3 Å². The van der Waals surface area contributed by atoms with Crippen LogP contribution in [-0.4, -0.2) is 71.6 Å². The summed E-state index contributed by atoms with van der Waals surface area (Å²) in [6.07, 6.45) is 41.9. The predicted octanol–water partition coefficient (Wildman–Crippen LogP) is 10.4. The van der Waals surface area contributed by atoms with Crippen molar-refractivity contribution >= 4 is 25.7 Å². The van der Waals surface area contributed by atoms with Crippen LogP contribution in [0.5, 0.6) is 0 Å². The van der Waals surface area contributed by atoms with Crippen LogP contribution < -0.4 is 5.73 Å². The summed E-state index contributed by atoms with van der Waals surface area (Å²) in [4.78, 5) is 45.9. The van der Waals surface area contributed by atoms with E-state index in [-0.39, 0.29) is 26.1 Å². The van der Waals surface area contributed by atoms with Gasteiger partial charge in [-0.3, -0.25) is 23.4 Å². The number of aliphatic carboxylic acids is 1. The average Bonchev–Trinajstić information content (AvgIpc) is 3.19. The van der Waals surface area contributed by atoms with Gasteiger partial charge >= 0.3 is 25.7 Å². The number of allylic oxidation sites excluding steroid dienone is 8. The van der Waals surface area contributed by atoms with Crippen molar-refractivity contribution in [1.82, 2.24) is 0 Å². The monoisotopic (exact) mass is 828 g/mol. The standard InChI is InChI=1S/C44H78NO11P/c1-2-3-4-5-6-7-8-9-13-16-19-22-25-28-31-34-42(47)53-37-40(38-54-57(51,52)55-39-41(45)44(49)50)56-43(48)35-32-29-26-23-20-17-14-11-10-12-15-18-21-24-27-30-33-36-46/h10,12,14,17-18,21,23,26,40-41,46H,2-9,11,13,15-16,19-20,22,24-25,27-39,45H2,1H3,(H,49,50)(H,51,52)/b12-10-,17-14-,21-18-,26-23-. The van der Waals surface area contributed by atoms with Crippen molar-refractivity contribution in [3.05, 3.63) is 48.6 Å². The normalized spacial score (nSPS) is 14.2. The molecule has 5 N–H and O–H groups in total. The molecule has 0 aromatic rings. The van der Waals surface area contributed by atoms with E-state index in [0.717, 1.165) is 64.2 Å². The summed E-state index contributed by atoms with van der Waals surface area (Å²) < 4.78 is 32.6. The summed E-state index contributed by atoms with van der Waals surface area (Å²) in [5.41, 5.74) is 5.32. The van der Waals surface area contributed by atoms with E-state index in [9.17, 15) is 23.8 Å². The first-order chi connectivity index (χ1) is 27.6. The van der Waals surface area contributed by atoms with Crippen LogP contribution in [0, 0.1) is 0 Å². The number of carboxylic acids is 1. The number of unbranched alkanes of at least 4 members (excludes halogenated alkanes) is 18. The second-order valence-corrected chi connectivity index (χ2v) is 16.0. The van der Waals surface area contributed by atoms with Crippen molar-refractivity contribution in [3.8, 4) is 0 Å². The number of phosphoric ester groups is 1. The molecule has 0 radical (unpaired) electrons. The first kappa shape index (κ1) is 54.4. The van der Waals surface area contributed by atoms with Gasteiger partial charge in [0, 0.05) is 19.4 Å². The third kappa shape index (κ3) is 40.0. The molecule has 0 spiro atoms. The molecule has 0 aromatic carbocycles. The van der Waals surface area contributed by atoms with Gasteiger partial charge in [0.25, 0.3) is 0 Å². The van der Waals surface area contributed by atoms with Crippen molar-refractivity contribution < 1.29 is 52.6 Å². The maximum absolute atomic E-state index is 12.6. The first-order valence-corrected chi connectivity index (χ1v) is 23.3. The van der Waals surface area contributed by atoms with Crippen molar-refractivity contribution in [1.29, 1.82) is 0 Å². The summed E-state index contributed by atoms with van der Waals surface area (Å²) in [6, 6.07) is -1.53. The fourth-order valence-corrected chi connectivity index (χ4v) is 6.46. The number of hydrogen-bond donors (Lipinski definition) is 4. The summed E-state index contributed by atoms with van der Waals surface area (Å²) in [5.74, 6) is -2.47. The lowest BCUT2D eigenvalue weighted by atomic mass is 10.0. The summed E-state index contributed by atoms with van der Waals surface area (Å²) >= 11 is 0. The lowest BCUT2D eigenvalue weighted by molar-refractivity contribution is -0.161. The zero-order valence-corrected chi connectivity index (χ0v) is 36.0. The molecular weight excluding hydrogens is 749 g/mol. The Balaban J connectivity index is 4.45. The molecule has 57 heavy (non-hydrogen) atoms. The quantitative estimate of drug-likeness (QED) is 0.0198. The van der Waals surface area contributed by atoms with Gasteiger partial charge in [0.1, 0.15) is 12.6 Å².